The Morgan fingerprint density at radius 3 is 2.32 bits per heavy atom. The molecule has 0 aliphatic carbocycles. The van der Waals surface area contributed by atoms with Gasteiger partial charge in [-0.05, 0) is 38.0 Å². The molecule has 1 heterocycles. The first-order valence-electron chi connectivity index (χ1n) is 5.91. The van der Waals surface area contributed by atoms with Crippen LogP contribution in [0.3, 0.4) is 0 Å². The highest BCUT2D eigenvalue weighted by Crippen LogP contribution is 2.09. The number of aryl methyl sites for hydroxylation is 2. The monoisotopic (exact) mass is 264 g/mol. The maximum absolute atomic E-state index is 13.0. The first kappa shape index (κ1) is 13.3. The smallest absolute Gasteiger partial charge is 0.242 e. The summed E-state index contributed by atoms with van der Waals surface area (Å²) in [7, 11) is 0. The van der Waals surface area contributed by atoms with Crippen molar-refractivity contribution in [1.29, 1.82) is 0 Å². The number of nitrogens with zero attached hydrogens (tertiary/aromatic N) is 3. The van der Waals surface area contributed by atoms with Crippen LogP contribution in [0.1, 0.15) is 17.0 Å². The zero-order chi connectivity index (χ0) is 13.8. The van der Waals surface area contributed by atoms with Crippen LogP contribution in [-0.2, 0) is 6.42 Å². The van der Waals surface area contributed by atoms with Crippen LogP contribution in [0.2, 0.25) is 0 Å². The molecule has 6 heteroatoms. The Balaban J connectivity index is 1.94. The van der Waals surface area contributed by atoms with E-state index in [-0.39, 0.29) is 0 Å². The minimum atomic E-state index is -0.570. The highest BCUT2D eigenvalue weighted by Gasteiger charge is 2.03. The van der Waals surface area contributed by atoms with Crippen LogP contribution in [0.25, 0.3) is 0 Å². The van der Waals surface area contributed by atoms with E-state index >= 15 is 0 Å². The zero-order valence-electron chi connectivity index (χ0n) is 10.7. The van der Waals surface area contributed by atoms with E-state index in [0.717, 1.165) is 17.5 Å². The average Bonchev–Trinajstić information content (AvgIpc) is 2.32. The van der Waals surface area contributed by atoms with Gasteiger partial charge in [0.15, 0.2) is 0 Å². The molecule has 4 nitrogen and oxygen atoms in total. The third-order valence-electron chi connectivity index (χ3n) is 2.71. The summed E-state index contributed by atoms with van der Waals surface area (Å²) in [5.41, 5.74) is 2.16. The maximum atomic E-state index is 13.0. The molecule has 2 aromatic rings. The fourth-order valence-electron chi connectivity index (χ4n) is 1.61. The fourth-order valence-corrected chi connectivity index (χ4v) is 1.61. The molecule has 0 unspecified atom stereocenters. The number of rotatable bonds is 4. The van der Waals surface area contributed by atoms with Crippen molar-refractivity contribution in [3.05, 3.63) is 46.8 Å². The number of hydrogen-bond acceptors (Lipinski definition) is 4. The van der Waals surface area contributed by atoms with Gasteiger partial charge in [-0.3, -0.25) is 0 Å². The molecule has 2 rings (SSSR count). The van der Waals surface area contributed by atoms with E-state index in [1.807, 2.05) is 13.8 Å². The van der Waals surface area contributed by atoms with Crippen LogP contribution in [0.4, 0.5) is 14.7 Å². The van der Waals surface area contributed by atoms with E-state index in [0.29, 0.717) is 24.5 Å². The van der Waals surface area contributed by atoms with E-state index in [2.05, 4.69) is 20.5 Å². The van der Waals surface area contributed by atoms with Gasteiger partial charge in [-0.25, -0.2) is 13.8 Å². The van der Waals surface area contributed by atoms with Crippen molar-refractivity contribution in [3.63, 3.8) is 0 Å². The van der Waals surface area contributed by atoms with Gasteiger partial charge in [0.1, 0.15) is 11.6 Å². The Labute approximate surface area is 109 Å². The lowest BCUT2D eigenvalue weighted by Gasteiger charge is -2.06. The van der Waals surface area contributed by atoms with E-state index in [9.17, 15) is 8.78 Å². The Kier molecular flexibility index (Phi) is 3.99. The van der Waals surface area contributed by atoms with E-state index in [1.165, 1.54) is 12.1 Å². The molecule has 0 aliphatic rings. The van der Waals surface area contributed by atoms with Gasteiger partial charge < -0.3 is 5.32 Å². The van der Waals surface area contributed by atoms with E-state index < -0.39 is 11.6 Å². The summed E-state index contributed by atoms with van der Waals surface area (Å²) in [6.45, 7) is 4.15. The molecular formula is C13H14F2N4. The summed E-state index contributed by atoms with van der Waals surface area (Å²) in [5.74, 6) is -0.724. The summed E-state index contributed by atoms with van der Waals surface area (Å²) >= 11 is 0. The molecule has 0 saturated carbocycles. The Bertz CT molecular complexity index is 567. The van der Waals surface area contributed by atoms with Gasteiger partial charge in [0.05, 0.1) is 11.4 Å². The fraction of sp³-hybridized carbons (Fsp3) is 0.308. The largest absolute Gasteiger partial charge is 0.353 e. The van der Waals surface area contributed by atoms with Gasteiger partial charge in [0, 0.05) is 12.6 Å². The molecule has 0 aliphatic heterocycles. The highest BCUT2D eigenvalue weighted by molar-refractivity contribution is 5.26. The predicted molar refractivity (Wildman–Crippen MR) is 67.9 cm³/mol. The summed E-state index contributed by atoms with van der Waals surface area (Å²) < 4.78 is 26.0. The third kappa shape index (κ3) is 3.67. The second-order valence-corrected chi connectivity index (χ2v) is 4.26. The van der Waals surface area contributed by atoms with Gasteiger partial charge >= 0.3 is 0 Å². The van der Waals surface area contributed by atoms with E-state index in [1.54, 1.807) is 0 Å². The predicted octanol–water partition coefficient (Wildman–Crippen LogP) is 2.42. The molecule has 19 heavy (non-hydrogen) atoms. The molecule has 100 valence electrons. The molecule has 0 amide bonds. The van der Waals surface area contributed by atoms with Crippen molar-refractivity contribution in [3.8, 4) is 0 Å². The molecule has 0 radical (unpaired) electrons. The maximum Gasteiger partial charge on any atom is 0.242 e. The molecule has 0 bridgehead atoms. The molecule has 0 fully saturated rings. The molecule has 0 saturated heterocycles. The van der Waals surface area contributed by atoms with Gasteiger partial charge in [-0.2, -0.15) is 5.10 Å². The van der Waals surface area contributed by atoms with Gasteiger partial charge in [-0.1, -0.05) is 0 Å². The van der Waals surface area contributed by atoms with E-state index in [4.69, 9.17) is 0 Å². The first-order valence-corrected chi connectivity index (χ1v) is 5.91. The van der Waals surface area contributed by atoms with Crippen LogP contribution < -0.4 is 5.32 Å². The number of hydrogen-bond donors (Lipinski definition) is 1. The lowest BCUT2D eigenvalue weighted by molar-refractivity contribution is 0.580. The number of aromatic nitrogens is 3. The number of anilines is 1. The van der Waals surface area contributed by atoms with Gasteiger partial charge in [0.25, 0.3) is 0 Å². The lowest BCUT2D eigenvalue weighted by Crippen LogP contribution is -2.10. The minimum Gasteiger partial charge on any atom is -0.353 e. The number of benzene rings is 1. The number of nitrogens with one attached hydrogen (secondary N) is 1. The average molecular weight is 264 g/mol. The standard InChI is InChI=1S/C13H14F2N4/c1-8-9(2)18-19-13(17-8)16-4-3-10-5-11(14)7-12(15)6-10/h5-7H,3-4H2,1-2H3,(H,16,17,19). The lowest BCUT2D eigenvalue weighted by atomic mass is 10.1. The summed E-state index contributed by atoms with van der Waals surface area (Å²) in [6, 6.07) is 3.47. The van der Waals surface area contributed by atoms with Crippen molar-refractivity contribution < 1.29 is 8.78 Å². The zero-order valence-corrected chi connectivity index (χ0v) is 10.7. The van der Waals surface area contributed by atoms with Crippen LogP contribution in [0.15, 0.2) is 18.2 Å². The Morgan fingerprint density at radius 1 is 1.00 bits per heavy atom. The van der Waals surface area contributed by atoms with Crippen molar-refractivity contribution in [1.82, 2.24) is 15.2 Å². The van der Waals surface area contributed by atoms with Crippen molar-refractivity contribution >= 4 is 5.95 Å². The second kappa shape index (κ2) is 5.69. The molecule has 1 aromatic heterocycles. The van der Waals surface area contributed by atoms with Gasteiger partial charge in [0.2, 0.25) is 5.95 Å². The van der Waals surface area contributed by atoms with Crippen molar-refractivity contribution in [2.75, 3.05) is 11.9 Å². The van der Waals surface area contributed by atoms with Crippen LogP contribution in [0.5, 0.6) is 0 Å². The molecule has 1 aromatic carbocycles. The summed E-state index contributed by atoms with van der Waals surface area (Å²) in [4.78, 5) is 4.21. The second-order valence-electron chi connectivity index (χ2n) is 4.26. The van der Waals surface area contributed by atoms with Crippen LogP contribution in [0, 0.1) is 25.5 Å². The minimum absolute atomic E-state index is 0.417. The Morgan fingerprint density at radius 2 is 1.68 bits per heavy atom. The Hall–Kier alpha value is -2.11. The normalized spacial score (nSPS) is 10.5. The molecule has 0 atom stereocenters. The quantitative estimate of drug-likeness (QED) is 0.921. The molecule has 1 N–H and O–H groups in total. The van der Waals surface area contributed by atoms with Crippen molar-refractivity contribution in [2.24, 2.45) is 0 Å². The molecule has 0 spiro atoms. The van der Waals surface area contributed by atoms with Crippen molar-refractivity contribution in [2.45, 2.75) is 20.3 Å². The highest BCUT2D eigenvalue weighted by atomic mass is 19.1. The van der Waals surface area contributed by atoms with Gasteiger partial charge in [-0.15, -0.1) is 5.10 Å². The topological polar surface area (TPSA) is 50.7 Å². The van der Waals surface area contributed by atoms with Crippen LogP contribution >= 0.6 is 0 Å². The van der Waals surface area contributed by atoms with Crippen LogP contribution in [-0.4, -0.2) is 21.7 Å². The summed E-state index contributed by atoms with van der Waals surface area (Å²) in [6.07, 6.45) is 0.477. The first-order chi connectivity index (χ1) is 9.04. The third-order valence-corrected chi connectivity index (χ3v) is 2.71. The summed E-state index contributed by atoms with van der Waals surface area (Å²) in [5, 5.41) is 10.8. The SMILES string of the molecule is Cc1nnc(NCCc2cc(F)cc(F)c2)nc1C. The molecular weight excluding hydrogens is 250 g/mol. The number of halogens is 2.